The molecule has 0 amide bonds. The second-order valence-corrected chi connectivity index (χ2v) is 4.21. The van der Waals surface area contributed by atoms with Gasteiger partial charge in [-0.15, -0.1) is 11.3 Å². The van der Waals surface area contributed by atoms with Gasteiger partial charge in [0.2, 0.25) is 4.77 Å². The van der Waals surface area contributed by atoms with E-state index in [4.69, 9.17) is 12.2 Å². The van der Waals surface area contributed by atoms with E-state index in [1.807, 2.05) is 0 Å². The summed E-state index contributed by atoms with van der Waals surface area (Å²) < 4.78 is 2.22. The molecular weight excluding hydrogens is 204 g/mol. The van der Waals surface area contributed by atoms with Gasteiger partial charge in [0.15, 0.2) is 0 Å². The van der Waals surface area contributed by atoms with Crippen LogP contribution in [0.25, 0.3) is 0 Å². The molecule has 0 aliphatic heterocycles. The SMILES string of the molecule is Cc1cc(Cn2[nH]nnc2=S)cs1. The Balaban J connectivity index is 2.24. The molecule has 0 fully saturated rings. The Labute approximate surface area is 84.2 Å². The summed E-state index contributed by atoms with van der Waals surface area (Å²) in [7, 11) is 0. The van der Waals surface area contributed by atoms with E-state index in [2.05, 4.69) is 33.9 Å². The molecule has 4 nitrogen and oxygen atoms in total. The minimum atomic E-state index is 0.490. The summed E-state index contributed by atoms with van der Waals surface area (Å²) in [5, 5.41) is 12.1. The summed E-state index contributed by atoms with van der Waals surface area (Å²) in [5.41, 5.74) is 1.23. The molecule has 0 aromatic carbocycles. The van der Waals surface area contributed by atoms with Crippen LogP contribution in [0.3, 0.4) is 0 Å². The van der Waals surface area contributed by atoms with Gasteiger partial charge in [-0.25, -0.2) is 4.68 Å². The van der Waals surface area contributed by atoms with Crippen molar-refractivity contribution >= 4 is 23.6 Å². The fraction of sp³-hybridized carbons (Fsp3) is 0.286. The summed E-state index contributed by atoms with van der Waals surface area (Å²) in [4.78, 5) is 1.30. The summed E-state index contributed by atoms with van der Waals surface area (Å²) in [5.74, 6) is 0. The Morgan fingerprint density at radius 1 is 1.69 bits per heavy atom. The number of H-pyrrole nitrogens is 1. The number of nitrogens with one attached hydrogen (secondary N) is 1. The lowest BCUT2D eigenvalue weighted by Gasteiger charge is -1.95. The monoisotopic (exact) mass is 212 g/mol. The van der Waals surface area contributed by atoms with Crippen LogP contribution in [0.1, 0.15) is 10.4 Å². The highest BCUT2D eigenvalue weighted by Gasteiger charge is 1.99. The minimum absolute atomic E-state index is 0.490. The van der Waals surface area contributed by atoms with E-state index in [1.165, 1.54) is 10.4 Å². The molecule has 0 unspecified atom stereocenters. The second kappa shape index (κ2) is 3.39. The van der Waals surface area contributed by atoms with Gasteiger partial charge >= 0.3 is 0 Å². The zero-order valence-electron chi connectivity index (χ0n) is 7.02. The van der Waals surface area contributed by atoms with Gasteiger partial charge in [-0.3, -0.25) is 0 Å². The first-order valence-corrected chi connectivity index (χ1v) is 5.06. The van der Waals surface area contributed by atoms with Crippen LogP contribution in [0.4, 0.5) is 0 Å². The van der Waals surface area contributed by atoms with Gasteiger partial charge in [0.1, 0.15) is 0 Å². The van der Waals surface area contributed by atoms with Crippen molar-refractivity contribution in [2.24, 2.45) is 0 Å². The zero-order valence-corrected chi connectivity index (χ0v) is 8.65. The van der Waals surface area contributed by atoms with Crippen molar-refractivity contribution in [3.63, 3.8) is 0 Å². The summed E-state index contributed by atoms with van der Waals surface area (Å²) in [6.07, 6.45) is 0. The van der Waals surface area contributed by atoms with E-state index in [1.54, 1.807) is 16.0 Å². The highest BCUT2D eigenvalue weighted by atomic mass is 32.1. The fourth-order valence-corrected chi connectivity index (χ4v) is 1.93. The number of tetrazole rings is 1. The summed E-state index contributed by atoms with van der Waals surface area (Å²) in [6.45, 7) is 2.80. The molecule has 68 valence electrons. The van der Waals surface area contributed by atoms with Crippen LogP contribution in [-0.4, -0.2) is 20.2 Å². The first-order valence-electron chi connectivity index (χ1n) is 3.77. The van der Waals surface area contributed by atoms with Gasteiger partial charge in [-0.2, -0.15) is 5.21 Å². The molecule has 0 saturated heterocycles. The fourth-order valence-electron chi connectivity index (χ4n) is 1.08. The van der Waals surface area contributed by atoms with Gasteiger partial charge in [-0.1, -0.05) is 10.3 Å². The van der Waals surface area contributed by atoms with Gasteiger partial charge < -0.3 is 0 Å². The summed E-state index contributed by atoms with van der Waals surface area (Å²) in [6, 6.07) is 2.13. The van der Waals surface area contributed by atoms with Gasteiger partial charge in [0.05, 0.1) is 6.54 Å². The number of aromatic nitrogens is 4. The number of hydrogen-bond acceptors (Lipinski definition) is 4. The van der Waals surface area contributed by atoms with Gasteiger partial charge in [0, 0.05) is 4.88 Å². The van der Waals surface area contributed by atoms with Gasteiger partial charge in [-0.05, 0) is 36.2 Å². The molecule has 2 rings (SSSR count). The first-order chi connectivity index (χ1) is 6.25. The van der Waals surface area contributed by atoms with Gasteiger partial charge in [0.25, 0.3) is 0 Å². The third-order valence-corrected chi connectivity index (χ3v) is 2.87. The van der Waals surface area contributed by atoms with Crippen LogP contribution in [0.5, 0.6) is 0 Å². The maximum absolute atomic E-state index is 4.95. The standard InChI is InChI=1S/C7H8N4S2/c1-5-2-6(4-13-5)3-11-7(12)8-9-10-11/h2,4H,3H2,1H3,(H,8,10,12). The molecule has 1 N–H and O–H groups in total. The molecule has 0 aliphatic rings. The van der Waals surface area contributed by atoms with E-state index in [0.717, 1.165) is 6.54 Å². The van der Waals surface area contributed by atoms with E-state index in [0.29, 0.717) is 4.77 Å². The van der Waals surface area contributed by atoms with Crippen molar-refractivity contribution < 1.29 is 0 Å². The van der Waals surface area contributed by atoms with Crippen molar-refractivity contribution in [1.82, 2.24) is 20.2 Å². The minimum Gasteiger partial charge on any atom is -0.238 e. The molecule has 0 saturated carbocycles. The molecule has 2 aromatic heterocycles. The van der Waals surface area contributed by atoms with Crippen LogP contribution in [-0.2, 0) is 6.54 Å². The topological polar surface area (TPSA) is 46.5 Å². The van der Waals surface area contributed by atoms with E-state index < -0.39 is 0 Å². The number of nitrogens with zero attached hydrogens (tertiary/aromatic N) is 3. The lowest BCUT2D eigenvalue weighted by Crippen LogP contribution is -2.00. The predicted molar refractivity (Wildman–Crippen MR) is 53.4 cm³/mol. The van der Waals surface area contributed by atoms with E-state index >= 15 is 0 Å². The Bertz CT molecular complexity index is 453. The van der Waals surface area contributed by atoms with Crippen molar-refractivity contribution in [3.8, 4) is 0 Å². The largest absolute Gasteiger partial charge is 0.238 e. The number of aromatic amines is 1. The molecule has 2 heterocycles. The smallest absolute Gasteiger partial charge is 0.238 e. The Morgan fingerprint density at radius 2 is 2.54 bits per heavy atom. The normalized spacial score (nSPS) is 10.5. The lowest BCUT2D eigenvalue weighted by atomic mass is 10.3. The third-order valence-electron chi connectivity index (χ3n) is 1.66. The highest BCUT2D eigenvalue weighted by molar-refractivity contribution is 7.71. The second-order valence-electron chi connectivity index (χ2n) is 2.73. The van der Waals surface area contributed by atoms with Crippen molar-refractivity contribution in [1.29, 1.82) is 0 Å². The maximum atomic E-state index is 4.95. The molecule has 0 atom stereocenters. The zero-order chi connectivity index (χ0) is 9.26. The number of rotatable bonds is 2. The van der Waals surface area contributed by atoms with Crippen molar-refractivity contribution in [2.75, 3.05) is 0 Å². The van der Waals surface area contributed by atoms with Crippen LogP contribution in [0, 0.1) is 11.7 Å². The lowest BCUT2D eigenvalue weighted by molar-refractivity contribution is 0.643. The number of hydrogen-bond donors (Lipinski definition) is 1. The van der Waals surface area contributed by atoms with E-state index in [9.17, 15) is 0 Å². The summed E-state index contributed by atoms with van der Waals surface area (Å²) >= 11 is 6.68. The maximum Gasteiger partial charge on any atom is 0.238 e. The van der Waals surface area contributed by atoms with Crippen LogP contribution in [0.2, 0.25) is 0 Å². The molecule has 0 spiro atoms. The number of aryl methyl sites for hydroxylation is 1. The van der Waals surface area contributed by atoms with Crippen molar-refractivity contribution in [3.05, 3.63) is 26.7 Å². The quantitative estimate of drug-likeness (QED) is 0.771. The Hall–Kier alpha value is -1.01. The van der Waals surface area contributed by atoms with Crippen LogP contribution < -0.4 is 0 Å². The third kappa shape index (κ3) is 1.84. The predicted octanol–water partition coefficient (Wildman–Crippen LogP) is 1.75. The highest BCUT2D eigenvalue weighted by Crippen LogP contribution is 2.13. The van der Waals surface area contributed by atoms with Crippen LogP contribution >= 0.6 is 23.6 Å². The van der Waals surface area contributed by atoms with E-state index in [-0.39, 0.29) is 0 Å². The first kappa shape index (κ1) is 8.58. The molecule has 0 aliphatic carbocycles. The molecule has 0 bridgehead atoms. The molecule has 6 heteroatoms. The number of thiophene rings is 1. The Kier molecular flexibility index (Phi) is 2.24. The molecular formula is C7H8N4S2. The van der Waals surface area contributed by atoms with Crippen LogP contribution in [0.15, 0.2) is 11.4 Å². The van der Waals surface area contributed by atoms with Crippen molar-refractivity contribution in [2.45, 2.75) is 13.5 Å². The molecule has 0 radical (unpaired) electrons. The molecule has 13 heavy (non-hydrogen) atoms. The average Bonchev–Trinajstić information content (AvgIpc) is 2.64. The Morgan fingerprint density at radius 3 is 3.08 bits per heavy atom. The molecule has 2 aromatic rings. The average molecular weight is 212 g/mol.